The Balaban J connectivity index is 1.66. The van der Waals surface area contributed by atoms with Crippen LogP contribution in [0.3, 0.4) is 0 Å². The first-order chi connectivity index (χ1) is 19.4. The quantitative estimate of drug-likeness (QED) is 0.131. The maximum Gasteiger partial charge on any atom is 0.282 e. The summed E-state index contributed by atoms with van der Waals surface area (Å²) in [6.45, 7) is 10.4. The summed E-state index contributed by atoms with van der Waals surface area (Å²) in [5.41, 5.74) is 2.51. The molecule has 0 saturated carbocycles. The van der Waals surface area contributed by atoms with Crippen molar-refractivity contribution in [3.8, 4) is 23.1 Å². The molecule has 0 fully saturated rings. The fraction of sp³-hybridized carbons (Fsp3) is 0.219. The van der Waals surface area contributed by atoms with Gasteiger partial charge in [0.1, 0.15) is 5.58 Å². The molecule has 0 N–H and O–H groups in total. The van der Waals surface area contributed by atoms with Gasteiger partial charge in [-0.3, -0.25) is 4.79 Å². The fourth-order valence-corrected chi connectivity index (χ4v) is 4.57. The Morgan fingerprint density at radius 1 is 1.15 bits per heavy atom. The first-order valence-electron chi connectivity index (χ1n) is 13.2. The number of furan rings is 1. The number of fused-ring (bicyclic) bond motifs is 2. The van der Waals surface area contributed by atoms with Gasteiger partial charge >= 0.3 is 0 Å². The van der Waals surface area contributed by atoms with Gasteiger partial charge in [-0.15, -0.1) is 6.58 Å². The average Bonchev–Trinajstić information content (AvgIpc) is 3.37. The van der Waals surface area contributed by atoms with E-state index >= 15 is 0 Å². The number of benzene rings is 3. The molecular formula is C32H30ClN3O4. The molecule has 3 aromatic carbocycles. The molecular weight excluding hydrogens is 526 g/mol. The third kappa shape index (κ3) is 5.51. The second-order valence-corrected chi connectivity index (χ2v) is 9.81. The lowest BCUT2D eigenvalue weighted by Crippen LogP contribution is -2.20. The maximum atomic E-state index is 13.6. The van der Waals surface area contributed by atoms with Crippen molar-refractivity contribution < 1.29 is 13.9 Å². The molecule has 7 nitrogen and oxygen atoms in total. The summed E-state index contributed by atoms with van der Waals surface area (Å²) in [5.74, 6) is 1.98. The van der Waals surface area contributed by atoms with Crippen molar-refractivity contribution in [3.63, 3.8) is 0 Å². The van der Waals surface area contributed by atoms with E-state index in [-0.39, 0.29) is 17.5 Å². The number of aromatic nitrogens is 2. The molecule has 0 amide bonds. The molecule has 0 radical (unpaired) electrons. The van der Waals surface area contributed by atoms with Crippen molar-refractivity contribution in [1.82, 2.24) is 9.66 Å². The predicted molar refractivity (Wildman–Crippen MR) is 161 cm³/mol. The maximum absolute atomic E-state index is 13.6. The van der Waals surface area contributed by atoms with Crippen LogP contribution < -0.4 is 15.0 Å². The van der Waals surface area contributed by atoms with Crippen LogP contribution in [0, 0.1) is 0 Å². The van der Waals surface area contributed by atoms with Gasteiger partial charge in [0.05, 0.1) is 29.8 Å². The highest BCUT2D eigenvalue weighted by atomic mass is 35.5. The standard InChI is InChI=1S/C32H30ClN3O4/c1-5-10-22-15-21(16-28(38-7-3)30(22)39-20(4)6-2)19-34-36-31(35-26-12-9-8-11-25(26)32(36)37)29-18-23-17-24(33)13-14-27(23)40-29/h5,8-9,11-20H,1,6-7,10H2,2-4H3/t20-/m1/s1. The minimum atomic E-state index is -0.316. The van der Waals surface area contributed by atoms with E-state index in [0.29, 0.717) is 51.8 Å². The zero-order valence-corrected chi connectivity index (χ0v) is 23.4. The number of rotatable bonds is 10. The minimum Gasteiger partial charge on any atom is -0.490 e. The van der Waals surface area contributed by atoms with E-state index in [0.717, 1.165) is 22.9 Å². The van der Waals surface area contributed by atoms with Crippen molar-refractivity contribution in [2.24, 2.45) is 5.10 Å². The first-order valence-corrected chi connectivity index (χ1v) is 13.6. The van der Waals surface area contributed by atoms with Crippen LogP contribution in [-0.2, 0) is 6.42 Å². The molecule has 40 heavy (non-hydrogen) atoms. The molecule has 5 rings (SSSR count). The van der Waals surface area contributed by atoms with Gasteiger partial charge < -0.3 is 13.9 Å². The van der Waals surface area contributed by atoms with Gasteiger partial charge in [-0.1, -0.05) is 36.7 Å². The summed E-state index contributed by atoms with van der Waals surface area (Å²) in [6.07, 6.45) is 4.89. The summed E-state index contributed by atoms with van der Waals surface area (Å²) in [7, 11) is 0. The molecule has 0 aliphatic carbocycles. The van der Waals surface area contributed by atoms with E-state index in [2.05, 4.69) is 18.6 Å². The Morgan fingerprint density at radius 3 is 2.75 bits per heavy atom. The van der Waals surface area contributed by atoms with E-state index in [1.165, 1.54) is 4.68 Å². The van der Waals surface area contributed by atoms with Gasteiger partial charge in [-0.05, 0) is 80.8 Å². The number of ether oxygens (including phenoxy) is 2. The van der Waals surface area contributed by atoms with Crippen molar-refractivity contribution in [2.45, 2.75) is 39.7 Å². The number of halogens is 1. The second kappa shape index (κ2) is 11.8. The minimum absolute atomic E-state index is 0.0192. The molecule has 0 bridgehead atoms. The monoisotopic (exact) mass is 555 g/mol. The highest BCUT2D eigenvalue weighted by Crippen LogP contribution is 2.35. The smallest absolute Gasteiger partial charge is 0.282 e. The van der Waals surface area contributed by atoms with Crippen molar-refractivity contribution in [3.05, 3.63) is 99.8 Å². The molecule has 8 heteroatoms. The summed E-state index contributed by atoms with van der Waals surface area (Å²) in [5, 5.41) is 6.44. The fourth-order valence-electron chi connectivity index (χ4n) is 4.39. The lowest BCUT2D eigenvalue weighted by molar-refractivity contribution is 0.201. The van der Waals surface area contributed by atoms with Crippen molar-refractivity contribution in [2.75, 3.05) is 6.61 Å². The number of allylic oxidation sites excluding steroid dienone is 1. The largest absolute Gasteiger partial charge is 0.490 e. The second-order valence-electron chi connectivity index (χ2n) is 9.38. The topological polar surface area (TPSA) is 78.9 Å². The van der Waals surface area contributed by atoms with Crippen LogP contribution >= 0.6 is 11.6 Å². The molecule has 5 aromatic rings. The molecule has 1 atom stereocenters. The van der Waals surface area contributed by atoms with Gasteiger partial charge in [-0.25, -0.2) is 4.98 Å². The van der Waals surface area contributed by atoms with E-state index in [1.54, 1.807) is 48.7 Å². The van der Waals surface area contributed by atoms with Crippen LogP contribution in [0.5, 0.6) is 11.5 Å². The highest BCUT2D eigenvalue weighted by molar-refractivity contribution is 6.31. The highest BCUT2D eigenvalue weighted by Gasteiger charge is 2.18. The zero-order chi connectivity index (χ0) is 28.2. The number of nitrogens with zero attached hydrogens (tertiary/aromatic N) is 3. The molecule has 2 heterocycles. The molecule has 0 spiro atoms. The number of para-hydroxylation sites is 1. The lowest BCUT2D eigenvalue weighted by Gasteiger charge is -2.20. The van der Waals surface area contributed by atoms with Crippen LogP contribution in [0.15, 0.2) is 87.6 Å². The molecule has 0 saturated heterocycles. The van der Waals surface area contributed by atoms with Crippen LogP contribution in [0.4, 0.5) is 0 Å². The van der Waals surface area contributed by atoms with Gasteiger partial charge in [0, 0.05) is 16.0 Å². The van der Waals surface area contributed by atoms with E-state index in [9.17, 15) is 4.79 Å². The SMILES string of the molecule is C=CCc1cc(C=Nn2c(-c3cc4cc(Cl)ccc4o3)nc3ccccc3c2=O)cc(OCC)c1O[C@H](C)CC. The Kier molecular flexibility index (Phi) is 8.03. The van der Waals surface area contributed by atoms with Crippen LogP contribution in [0.2, 0.25) is 5.02 Å². The van der Waals surface area contributed by atoms with E-state index < -0.39 is 0 Å². The molecule has 0 aliphatic rings. The summed E-state index contributed by atoms with van der Waals surface area (Å²) >= 11 is 6.18. The van der Waals surface area contributed by atoms with Gasteiger partial charge in [0.2, 0.25) is 5.82 Å². The number of hydrogen-bond donors (Lipinski definition) is 0. The van der Waals surface area contributed by atoms with Crippen molar-refractivity contribution in [1.29, 1.82) is 0 Å². The predicted octanol–water partition coefficient (Wildman–Crippen LogP) is 7.65. The van der Waals surface area contributed by atoms with Crippen LogP contribution in [0.25, 0.3) is 33.5 Å². The third-order valence-electron chi connectivity index (χ3n) is 6.49. The normalized spacial score (nSPS) is 12.3. The van der Waals surface area contributed by atoms with E-state index in [4.69, 9.17) is 30.5 Å². The van der Waals surface area contributed by atoms with Crippen molar-refractivity contribution >= 4 is 39.7 Å². The first kappa shape index (κ1) is 27.2. The third-order valence-corrected chi connectivity index (χ3v) is 6.72. The Morgan fingerprint density at radius 2 is 1.98 bits per heavy atom. The Hall–Kier alpha value is -4.36. The van der Waals surface area contributed by atoms with E-state index in [1.807, 2.05) is 38.1 Å². The number of hydrogen-bond acceptors (Lipinski definition) is 6. The summed E-state index contributed by atoms with van der Waals surface area (Å²) < 4.78 is 19.5. The van der Waals surface area contributed by atoms with Gasteiger partial charge in [0.25, 0.3) is 5.56 Å². The molecule has 204 valence electrons. The molecule has 0 aliphatic heterocycles. The Bertz CT molecular complexity index is 1790. The zero-order valence-electron chi connectivity index (χ0n) is 22.7. The summed E-state index contributed by atoms with van der Waals surface area (Å²) in [4.78, 5) is 18.4. The van der Waals surface area contributed by atoms with Gasteiger partial charge in [-0.2, -0.15) is 9.78 Å². The van der Waals surface area contributed by atoms with Crippen LogP contribution in [-0.4, -0.2) is 28.6 Å². The van der Waals surface area contributed by atoms with Gasteiger partial charge in [0.15, 0.2) is 17.3 Å². The lowest BCUT2D eigenvalue weighted by atomic mass is 10.1. The Labute approximate surface area is 237 Å². The molecule has 2 aromatic heterocycles. The summed E-state index contributed by atoms with van der Waals surface area (Å²) in [6, 6.07) is 18.1. The van der Waals surface area contributed by atoms with Crippen LogP contribution in [0.1, 0.15) is 38.3 Å². The average molecular weight is 556 g/mol. The molecule has 0 unspecified atom stereocenters.